The summed E-state index contributed by atoms with van der Waals surface area (Å²) in [5, 5.41) is 0. The number of ether oxygens (including phenoxy) is 1. The Bertz CT molecular complexity index is 732. The molecule has 1 fully saturated rings. The summed E-state index contributed by atoms with van der Waals surface area (Å²) >= 11 is 0. The molecule has 1 unspecified atom stereocenters. The van der Waals surface area contributed by atoms with Gasteiger partial charge < -0.3 is 4.74 Å². The van der Waals surface area contributed by atoms with Gasteiger partial charge in [0.15, 0.2) is 0 Å². The lowest BCUT2D eigenvalue weighted by molar-refractivity contribution is 0.0149. The molecule has 25 heavy (non-hydrogen) atoms. The molecule has 1 heteroatoms. The third kappa shape index (κ3) is 3.67. The molecule has 0 bridgehead atoms. The SMILES string of the molecule is c1ccc(C(c2ccccc2)c2ccc(C3CCCCO3)cc2)cc1. The fraction of sp³-hybridized carbons (Fsp3) is 0.250. The highest BCUT2D eigenvalue weighted by Gasteiger charge is 2.19. The van der Waals surface area contributed by atoms with Gasteiger partial charge in [0.05, 0.1) is 6.10 Å². The van der Waals surface area contributed by atoms with E-state index in [-0.39, 0.29) is 12.0 Å². The summed E-state index contributed by atoms with van der Waals surface area (Å²) in [4.78, 5) is 0. The second-order valence-electron chi connectivity index (χ2n) is 6.78. The van der Waals surface area contributed by atoms with Crippen molar-refractivity contribution in [1.29, 1.82) is 0 Å². The number of hydrogen-bond acceptors (Lipinski definition) is 1. The van der Waals surface area contributed by atoms with Crippen LogP contribution in [0.1, 0.15) is 53.5 Å². The third-order valence-corrected chi connectivity index (χ3v) is 5.09. The maximum atomic E-state index is 5.93. The zero-order chi connectivity index (χ0) is 16.9. The minimum absolute atomic E-state index is 0.267. The summed E-state index contributed by atoms with van der Waals surface area (Å²) in [6.45, 7) is 0.892. The molecule has 4 rings (SSSR count). The molecule has 0 saturated carbocycles. The zero-order valence-electron chi connectivity index (χ0n) is 14.5. The molecule has 1 heterocycles. The highest BCUT2D eigenvalue weighted by Crippen LogP contribution is 2.34. The van der Waals surface area contributed by atoms with Crippen molar-refractivity contribution < 1.29 is 4.74 Å². The first-order chi connectivity index (χ1) is 12.4. The Hall–Kier alpha value is -2.38. The van der Waals surface area contributed by atoms with Crippen LogP contribution in [0.15, 0.2) is 84.9 Å². The molecule has 1 aliphatic rings. The van der Waals surface area contributed by atoms with Gasteiger partial charge in [-0.1, -0.05) is 84.9 Å². The van der Waals surface area contributed by atoms with Gasteiger partial charge in [0, 0.05) is 12.5 Å². The summed E-state index contributed by atoms with van der Waals surface area (Å²) in [7, 11) is 0. The van der Waals surface area contributed by atoms with Crippen molar-refractivity contribution in [2.24, 2.45) is 0 Å². The van der Waals surface area contributed by atoms with E-state index in [9.17, 15) is 0 Å². The van der Waals surface area contributed by atoms with E-state index in [1.807, 2.05) is 0 Å². The van der Waals surface area contributed by atoms with Crippen molar-refractivity contribution in [2.45, 2.75) is 31.3 Å². The number of rotatable bonds is 4. The molecular formula is C24H24O. The van der Waals surface area contributed by atoms with Crippen molar-refractivity contribution in [3.8, 4) is 0 Å². The Balaban J connectivity index is 1.68. The predicted molar refractivity (Wildman–Crippen MR) is 103 cm³/mol. The molecular weight excluding hydrogens is 304 g/mol. The fourth-order valence-corrected chi connectivity index (χ4v) is 3.78. The van der Waals surface area contributed by atoms with E-state index < -0.39 is 0 Å². The molecule has 0 amide bonds. The highest BCUT2D eigenvalue weighted by atomic mass is 16.5. The van der Waals surface area contributed by atoms with Crippen molar-refractivity contribution in [3.05, 3.63) is 107 Å². The van der Waals surface area contributed by atoms with Crippen LogP contribution in [0, 0.1) is 0 Å². The first-order valence-corrected chi connectivity index (χ1v) is 9.23. The zero-order valence-corrected chi connectivity index (χ0v) is 14.5. The maximum Gasteiger partial charge on any atom is 0.0824 e. The normalized spacial score (nSPS) is 17.6. The van der Waals surface area contributed by atoms with Crippen LogP contribution < -0.4 is 0 Å². The van der Waals surface area contributed by atoms with Crippen LogP contribution in [-0.4, -0.2) is 6.61 Å². The monoisotopic (exact) mass is 328 g/mol. The lowest BCUT2D eigenvalue weighted by Crippen LogP contribution is -2.11. The molecule has 0 N–H and O–H groups in total. The lowest BCUT2D eigenvalue weighted by atomic mass is 9.84. The topological polar surface area (TPSA) is 9.23 Å². The van der Waals surface area contributed by atoms with Gasteiger partial charge in [-0.2, -0.15) is 0 Å². The van der Waals surface area contributed by atoms with Crippen LogP contribution in [0.25, 0.3) is 0 Å². The third-order valence-electron chi connectivity index (χ3n) is 5.09. The van der Waals surface area contributed by atoms with Crippen LogP contribution in [0.3, 0.4) is 0 Å². The summed E-state index contributed by atoms with van der Waals surface area (Å²) in [5.74, 6) is 0.267. The van der Waals surface area contributed by atoms with E-state index in [2.05, 4.69) is 84.9 Å². The Morgan fingerprint density at radius 3 is 1.72 bits per heavy atom. The predicted octanol–water partition coefficient (Wildman–Crippen LogP) is 6.11. The molecule has 0 radical (unpaired) electrons. The second kappa shape index (κ2) is 7.67. The van der Waals surface area contributed by atoms with E-state index in [1.54, 1.807) is 0 Å². The smallest absolute Gasteiger partial charge is 0.0824 e. The average molecular weight is 328 g/mol. The minimum atomic E-state index is 0.267. The lowest BCUT2D eigenvalue weighted by Gasteiger charge is -2.24. The summed E-state index contributed by atoms with van der Waals surface area (Å²) < 4.78 is 5.93. The van der Waals surface area contributed by atoms with Crippen LogP contribution in [-0.2, 0) is 4.74 Å². The molecule has 0 aromatic heterocycles. The van der Waals surface area contributed by atoms with Gasteiger partial charge in [0.1, 0.15) is 0 Å². The average Bonchev–Trinajstić information content (AvgIpc) is 2.71. The quantitative estimate of drug-likeness (QED) is 0.525. The van der Waals surface area contributed by atoms with E-state index >= 15 is 0 Å². The molecule has 1 saturated heterocycles. The minimum Gasteiger partial charge on any atom is -0.374 e. The highest BCUT2D eigenvalue weighted by molar-refractivity contribution is 5.43. The van der Waals surface area contributed by atoms with Crippen LogP contribution in [0.4, 0.5) is 0 Å². The van der Waals surface area contributed by atoms with Crippen LogP contribution >= 0.6 is 0 Å². The van der Waals surface area contributed by atoms with Gasteiger partial charge in [0.2, 0.25) is 0 Å². The summed E-state index contributed by atoms with van der Waals surface area (Å²) in [6.07, 6.45) is 3.87. The second-order valence-corrected chi connectivity index (χ2v) is 6.78. The van der Waals surface area contributed by atoms with Crippen LogP contribution in [0.2, 0.25) is 0 Å². The van der Waals surface area contributed by atoms with Gasteiger partial charge in [0.25, 0.3) is 0 Å². The largest absolute Gasteiger partial charge is 0.374 e. The Kier molecular flexibility index (Phi) is 4.94. The first kappa shape index (κ1) is 16.1. The van der Waals surface area contributed by atoms with Crippen LogP contribution in [0.5, 0.6) is 0 Å². The van der Waals surface area contributed by atoms with Crippen molar-refractivity contribution in [2.75, 3.05) is 6.61 Å². The molecule has 3 aromatic carbocycles. The molecule has 126 valence electrons. The fourth-order valence-electron chi connectivity index (χ4n) is 3.78. The van der Waals surface area contributed by atoms with E-state index in [0.717, 1.165) is 13.0 Å². The molecule has 1 nitrogen and oxygen atoms in total. The van der Waals surface area contributed by atoms with Crippen molar-refractivity contribution >= 4 is 0 Å². The Morgan fingerprint density at radius 2 is 1.20 bits per heavy atom. The van der Waals surface area contributed by atoms with Crippen molar-refractivity contribution in [3.63, 3.8) is 0 Å². The molecule has 3 aromatic rings. The summed E-state index contributed by atoms with van der Waals surface area (Å²) in [6, 6.07) is 30.6. The standard InChI is InChI=1S/C24H24O/c1-3-9-20(10-4-1)24(21-11-5-2-6-12-21)22-16-14-19(15-17-22)23-13-7-8-18-25-23/h1-6,9-12,14-17,23-24H,7-8,13,18H2. The molecule has 1 aliphatic heterocycles. The van der Waals surface area contributed by atoms with Gasteiger partial charge in [-0.15, -0.1) is 0 Å². The van der Waals surface area contributed by atoms with Gasteiger partial charge in [-0.25, -0.2) is 0 Å². The first-order valence-electron chi connectivity index (χ1n) is 9.23. The van der Waals surface area contributed by atoms with Crippen molar-refractivity contribution in [1.82, 2.24) is 0 Å². The number of benzene rings is 3. The Morgan fingerprint density at radius 1 is 0.640 bits per heavy atom. The molecule has 0 spiro atoms. The van der Waals surface area contributed by atoms with E-state index in [4.69, 9.17) is 4.74 Å². The van der Waals surface area contributed by atoms with Gasteiger partial charge >= 0.3 is 0 Å². The Labute approximate surface area is 150 Å². The number of hydrogen-bond donors (Lipinski definition) is 0. The maximum absolute atomic E-state index is 5.93. The molecule has 1 atom stereocenters. The summed E-state index contributed by atoms with van der Waals surface area (Å²) in [5.41, 5.74) is 5.30. The van der Waals surface area contributed by atoms with E-state index in [1.165, 1.54) is 35.1 Å². The van der Waals surface area contributed by atoms with Gasteiger partial charge in [-0.3, -0.25) is 0 Å². The van der Waals surface area contributed by atoms with Gasteiger partial charge in [-0.05, 0) is 41.5 Å². The molecule has 0 aliphatic carbocycles. The van der Waals surface area contributed by atoms with E-state index in [0.29, 0.717) is 0 Å².